The number of H-pyrrole nitrogens is 1. The summed E-state index contributed by atoms with van der Waals surface area (Å²) >= 11 is 1.85. The molecule has 0 radical (unpaired) electrons. The lowest BCUT2D eigenvalue weighted by Gasteiger charge is -2.25. The van der Waals surface area contributed by atoms with Crippen LogP contribution in [-0.2, 0) is 0 Å². The molecule has 8 aromatic carbocycles. The predicted molar refractivity (Wildman–Crippen MR) is 259 cm³/mol. The minimum atomic E-state index is -0.0328. The van der Waals surface area contributed by atoms with Crippen molar-refractivity contribution in [1.29, 1.82) is 0 Å². The van der Waals surface area contributed by atoms with Crippen LogP contribution < -0.4 is 5.32 Å². The van der Waals surface area contributed by atoms with Gasteiger partial charge in [-0.05, 0) is 80.9 Å². The molecule has 1 atom stereocenters. The van der Waals surface area contributed by atoms with Gasteiger partial charge in [-0.1, -0.05) is 164 Å². The smallest absolute Gasteiger partial charge is 0.164 e. The van der Waals surface area contributed by atoms with Crippen molar-refractivity contribution in [3.8, 4) is 67.5 Å². The Labute approximate surface area is 362 Å². The van der Waals surface area contributed by atoms with E-state index in [1.807, 2.05) is 53.9 Å². The van der Waals surface area contributed by atoms with Crippen LogP contribution in [0.1, 0.15) is 17.2 Å². The summed E-state index contributed by atoms with van der Waals surface area (Å²) in [5, 5.41) is 7.68. The molecule has 0 spiro atoms. The molecule has 0 amide bonds. The highest BCUT2D eigenvalue weighted by Crippen LogP contribution is 2.43. The summed E-state index contributed by atoms with van der Waals surface area (Å²) in [6, 6.07) is 66.6. The van der Waals surface area contributed by atoms with Gasteiger partial charge >= 0.3 is 0 Å². The Morgan fingerprint density at radius 1 is 0.452 bits per heavy atom. The van der Waals surface area contributed by atoms with Crippen LogP contribution >= 0.6 is 11.3 Å². The average Bonchev–Trinajstić information content (AvgIpc) is 4.00. The molecule has 2 N–H and O–H groups in total. The maximum atomic E-state index is 5.08. The summed E-state index contributed by atoms with van der Waals surface area (Å²) < 4.78 is 2.59. The zero-order chi connectivity index (χ0) is 41.0. The zero-order valence-corrected chi connectivity index (χ0v) is 34.3. The van der Waals surface area contributed by atoms with Gasteiger partial charge in [0.15, 0.2) is 17.5 Å². The van der Waals surface area contributed by atoms with Gasteiger partial charge in [0.25, 0.3) is 0 Å². The van der Waals surface area contributed by atoms with Crippen molar-refractivity contribution in [2.75, 3.05) is 5.32 Å². The third-order valence-corrected chi connectivity index (χ3v) is 13.1. The number of thiophene rings is 1. The van der Waals surface area contributed by atoms with E-state index in [9.17, 15) is 0 Å². The first kappa shape index (κ1) is 36.0. The molecule has 1 aliphatic rings. The number of fused-ring (bicyclic) bond motifs is 6. The van der Waals surface area contributed by atoms with E-state index in [1.54, 1.807) is 0 Å². The Morgan fingerprint density at radius 3 is 1.76 bits per heavy atom. The molecule has 4 heterocycles. The summed E-state index contributed by atoms with van der Waals surface area (Å²) in [6.07, 6.45) is 6.54. The molecular weight excluding hydrogens is 775 g/mol. The second-order valence-corrected chi connectivity index (χ2v) is 16.9. The van der Waals surface area contributed by atoms with E-state index < -0.39 is 0 Å². The SMILES string of the molecule is C1=CC(c2cc(-c3ccc(-c4nc(-c5ccccc5)nc(-c5ccc(-c6ccccc6)cc5)n4)cc3)cc(-c3cccc4sc5ccccc5c34)c2)Nc2c1ccc1cc[nH]c21. The molecule has 5 nitrogen and oxygen atoms in total. The number of hydrogen-bond acceptors (Lipinski definition) is 5. The van der Waals surface area contributed by atoms with E-state index in [0.717, 1.165) is 44.6 Å². The van der Waals surface area contributed by atoms with Gasteiger partial charge in [0, 0.05) is 48.4 Å². The van der Waals surface area contributed by atoms with Crippen LogP contribution in [0.2, 0.25) is 0 Å². The Bertz CT molecular complexity index is 3480. The number of benzene rings is 8. The molecule has 0 bridgehead atoms. The molecule has 1 unspecified atom stereocenters. The Balaban J connectivity index is 0.960. The van der Waals surface area contributed by atoms with Gasteiger partial charge in [-0.25, -0.2) is 15.0 Å². The summed E-state index contributed by atoms with van der Waals surface area (Å²) in [5.74, 6) is 1.90. The lowest BCUT2D eigenvalue weighted by atomic mass is 9.90. The standard InChI is InChI=1S/C56H37N5S/c1-3-10-35(11-4-1)36-18-24-41(25-19-36)55-59-54(40-12-5-2-6-13-40)60-56(61-55)42-26-20-37(21-27-42)43-32-44(46-15-9-17-50-51(46)47-14-7-8-16-49(47)62-50)34-45(33-43)48-29-28-38-22-23-39-30-31-57-52(39)53(38)58-48/h1-34,48,57-58H. The van der Waals surface area contributed by atoms with Crippen LogP contribution in [0, 0.1) is 0 Å². The van der Waals surface area contributed by atoms with E-state index in [0.29, 0.717) is 17.5 Å². The van der Waals surface area contributed by atoms with Gasteiger partial charge in [-0.3, -0.25) is 0 Å². The predicted octanol–water partition coefficient (Wildman–Crippen LogP) is 14.9. The molecular formula is C56H37N5S. The van der Waals surface area contributed by atoms with E-state index in [4.69, 9.17) is 15.0 Å². The van der Waals surface area contributed by atoms with Crippen LogP contribution in [-0.4, -0.2) is 19.9 Å². The molecule has 0 saturated heterocycles. The molecule has 3 aromatic heterocycles. The maximum absolute atomic E-state index is 5.08. The molecule has 12 rings (SSSR count). The van der Waals surface area contributed by atoms with Crippen LogP contribution in [0.15, 0.2) is 200 Å². The lowest BCUT2D eigenvalue weighted by Crippen LogP contribution is -2.13. The van der Waals surface area contributed by atoms with Gasteiger partial charge in [0.1, 0.15) is 0 Å². The van der Waals surface area contributed by atoms with Crippen molar-refractivity contribution in [2.24, 2.45) is 0 Å². The Hall–Kier alpha value is -7.93. The number of aromatic amines is 1. The Kier molecular flexibility index (Phi) is 8.68. The van der Waals surface area contributed by atoms with Gasteiger partial charge < -0.3 is 10.3 Å². The van der Waals surface area contributed by atoms with Crippen molar-refractivity contribution in [3.63, 3.8) is 0 Å². The number of rotatable bonds is 7. The Morgan fingerprint density at radius 2 is 1.03 bits per heavy atom. The summed E-state index contributed by atoms with van der Waals surface area (Å²) in [7, 11) is 0. The number of nitrogens with one attached hydrogen (secondary N) is 2. The van der Waals surface area contributed by atoms with Crippen molar-refractivity contribution in [2.45, 2.75) is 6.04 Å². The highest BCUT2D eigenvalue weighted by molar-refractivity contribution is 7.25. The molecule has 62 heavy (non-hydrogen) atoms. The zero-order valence-electron chi connectivity index (χ0n) is 33.5. The lowest BCUT2D eigenvalue weighted by molar-refractivity contribution is 0.982. The highest BCUT2D eigenvalue weighted by Gasteiger charge is 2.21. The monoisotopic (exact) mass is 811 g/mol. The van der Waals surface area contributed by atoms with Crippen LogP contribution in [0.25, 0.3) is 105 Å². The summed E-state index contributed by atoms with van der Waals surface area (Å²) in [5.41, 5.74) is 14.4. The molecule has 292 valence electrons. The second-order valence-electron chi connectivity index (χ2n) is 15.8. The van der Waals surface area contributed by atoms with Crippen LogP contribution in [0.3, 0.4) is 0 Å². The van der Waals surface area contributed by atoms with Crippen molar-refractivity contribution >= 4 is 54.2 Å². The van der Waals surface area contributed by atoms with Gasteiger partial charge in [0.2, 0.25) is 0 Å². The largest absolute Gasteiger partial charge is 0.373 e. The van der Waals surface area contributed by atoms with Crippen molar-refractivity contribution < 1.29 is 0 Å². The van der Waals surface area contributed by atoms with E-state index >= 15 is 0 Å². The molecule has 0 aliphatic carbocycles. The quantitative estimate of drug-likeness (QED) is 0.168. The molecule has 1 aliphatic heterocycles. The van der Waals surface area contributed by atoms with Gasteiger partial charge in [-0.2, -0.15) is 0 Å². The average molecular weight is 812 g/mol. The number of hydrogen-bond donors (Lipinski definition) is 2. The number of nitrogens with zero attached hydrogens (tertiary/aromatic N) is 3. The fraction of sp³-hybridized carbons (Fsp3) is 0.0179. The fourth-order valence-corrected chi connectivity index (χ4v) is 9.94. The molecule has 11 aromatic rings. The normalized spacial score (nSPS) is 13.4. The van der Waals surface area contributed by atoms with Gasteiger partial charge in [0.05, 0.1) is 17.2 Å². The molecule has 0 saturated carbocycles. The van der Waals surface area contributed by atoms with Crippen molar-refractivity contribution in [1.82, 2.24) is 19.9 Å². The van der Waals surface area contributed by atoms with Crippen LogP contribution in [0.5, 0.6) is 0 Å². The topological polar surface area (TPSA) is 66.5 Å². The highest BCUT2D eigenvalue weighted by atomic mass is 32.1. The second kappa shape index (κ2) is 15.0. The number of anilines is 1. The first-order chi connectivity index (χ1) is 30.7. The van der Waals surface area contributed by atoms with Crippen molar-refractivity contribution in [3.05, 3.63) is 211 Å². The van der Waals surface area contributed by atoms with E-state index in [2.05, 4.69) is 174 Å². The minimum Gasteiger partial charge on any atom is -0.373 e. The fourth-order valence-electron chi connectivity index (χ4n) is 8.81. The third kappa shape index (κ3) is 6.45. The summed E-state index contributed by atoms with van der Waals surface area (Å²) in [6.45, 7) is 0. The molecule has 6 heteroatoms. The first-order valence-corrected chi connectivity index (χ1v) is 21.7. The van der Waals surface area contributed by atoms with E-state index in [1.165, 1.54) is 53.4 Å². The third-order valence-electron chi connectivity index (χ3n) is 12.0. The first-order valence-electron chi connectivity index (χ1n) is 20.9. The maximum Gasteiger partial charge on any atom is 0.164 e. The number of aromatic nitrogens is 4. The minimum absolute atomic E-state index is 0.0328. The van der Waals surface area contributed by atoms with E-state index in [-0.39, 0.29) is 6.04 Å². The van der Waals surface area contributed by atoms with Crippen LogP contribution in [0.4, 0.5) is 5.69 Å². The van der Waals surface area contributed by atoms with Gasteiger partial charge in [-0.15, -0.1) is 11.3 Å². The summed E-state index contributed by atoms with van der Waals surface area (Å²) in [4.78, 5) is 18.6. The molecule has 0 fully saturated rings.